The standard InChI is InChI=1S/C16H19F6N3O2/c1-5-14(15(17,18)19,16(20,21)22)25(13(23)27)24-12(26)11-9(3)6-8(2)7-10(11)4/h6-7H,5H2,1-4H3,(H2,23,27)(H,24,26). The smallest absolute Gasteiger partial charge is 0.350 e. The summed E-state index contributed by atoms with van der Waals surface area (Å²) < 4.78 is 80.6. The number of hydrogen-bond donors (Lipinski definition) is 2. The fourth-order valence-corrected chi connectivity index (χ4v) is 3.01. The lowest BCUT2D eigenvalue weighted by atomic mass is 9.93. The molecule has 5 nitrogen and oxygen atoms in total. The molecule has 0 aromatic heterocycles. The molecule has 0 radical (unpaired) electrons. The number of primary amides is 1. The maximum Gasteiger partial charge on any atom is 0.422 e. The lowest BCUT2D eigenvalue weighted by Crippen LogP contribution is -2.73. The van der Waals surface area contributed by atoms with Crippen LogP contribution in [-0.2, 0) is 0 Å². The van der Waals surface area contributed by atoms with E-state index in [2.05, 4.69) is 0 Å². The zero-order chi connectivity index (χ0) is 21.4. The van der Waals surface area contributed by atoms with Crippen molar-refractivity contribution in [3.63, 3.8) is 0 Å². The van der Waals surface area contributed by atoms with Gasteiger partial charge in [-0.1, -0.05) is 24.6 Å². The number of aryl methyl sites for hydroxylation is 3. The van der Waals surface area contributed by atoms with Crippen LogP contribution >= 0.6 is 0 Å². The summed E-state index contributed by atoms with van der Waals surface area (Å²) >= 11 is 0. The third-order valence-electron chi connectivity index (χ3n) is 4.17. The van der Waals surface area contributed by atoms with Crippen molar-refractivity contribution in [2.24, 2.45) is 5.73 Å². The van der Waals surface area contributed by atoms with Crippen LogP contribution in [0.3, 0.4) is 0 Å². The molecule has 3 amide bonds. The van der Waals surface area contributed by atoms with Crippen molar-refractivity contribution < 1.29 is 35.9 Å². The van der Waals surface area contributed by atoms with Gasteiger partial charge in [0.1, 0.15) is 0 Å². The zero-order valence-electron chi connectivity index (χ0n) is 15.0. The number of alkyl halides is 6. The average molecular weight is 399 g/mol. The molecule has 0 aliphatic rings. The maximum atomic E-state index is 13.4. The number of urea groups is 1. The number of hydrazine groups is 1. The van der Waals surface area contributed by atoms with Gasteiger partial charge in [0.25, 0.3) is 11.4 Å². The van der Waals surface area contributed by atoms with E-state index in [9.17, 15) is 35.9 Å². The lowest BCUT2D eigenvalue weighted by Gasteiger charge is -2.43. The van der Waals surface area contributed by atoms with Gasteiger partial charge in [-0.2, -0.15) is 26.3 Å². The number of nitrogens with zero attached hydrogens (tertiary/aromatic N) is 1. The molecule has 0 aliphatic heterocycles. The molecule has 0 fully saturated rings. The van der Waals surface area contributed by atoms with Gasteiger partial charge in [-0.25, -0.2) is 9.80 Å². The average Bonchev–Trinajstić information content (AvgIpc) is 2.42. The Balaban J connectivity index is 3.54. The zero-order valence-corrected chi connectivity index (χ0v) is 15.0. The van der Waals surface area contributed by atoms with Crippen molar-refractivity contribution in [1.82, 2.24) is 10.4 Å². The van der Waals surface area contributed by atoms with E-state index in [1.807, 2.05) is 0 Å². The second kappa shape index (κ2) is 7.28. The van der Waals surface area contributed by atoms with Gasteiger partial charge in [0.2, 0.25) is 0 Å². The highest BCUT2D eigenvalue weighted by atomic mass is 19.4. The fourth-order valence-electron chi connectivity index (χ4n) is 3.01. The van der Waals surface area contributed by atoms with Crippen LogP contribution < -0.4 is 11.2 Å². The number of rotatable bonds is 3. The van der Waals surface area contributed by atoms with Crippen LogP contribution in [0.15, 0.2) is 12.1 Å². The van der Waals surface area contributed by atoms with Crippen LogP contribution in [0.2, 0.25) is 0 Å². The fraction of sp³-hybridized carbons (Fsp3) is 0.500. The minimum atomic E-state index is -5.94. The molecule has 0 heterocycles. The number of carbonyl (C=O) groups is 2. The van der Waals surface area contributed by atoms with Gasteiger partial charge in [0.15, 0.2) is 0 Å². The number of carbonyl (C=O) groups excluding carboxylic acids is 2. The molecule has 1 rings (SSSR count). The van der Waals surface area contributed by atoms with E-state index >= 15 is 0 Å². The van der Waals surface area contributed by atoms with Gasteiger partial charge in [-0.15, -0.1) is 0 Å². The largest absolute Gasteiger partial charge is 0.422 e. The number of amides is 3. The van der Waals surface area contributed by atoms with Crippen molar-refractivity contribution in [3.8, 4) is 0 Å². The summed E-state index contributed by atoms with van der Waals surface area (Å²) in [4.78, 5) is 24.0. The molecule has 1 aromatic rings. The van der Waals surface area contributed by atoms with E-state index < -0.39 is 41.3 Å². The van der Waals surface area contributed by atoms with Crippen LogP contribution in [0, 0.1) is 20.8 Å². The van der Waals surface area contributed by atoms with Crippen LogP contribution in [0.25, 0.3) is 0 Å². The third-order valence-corrected chi connectivity index (χ3v) is 4.17. The van der Waals surface area contributed by atoms with Crippen molar-refractivity contribution >= 4 is 11.9 Å². The molecule has 0 unspecified atom stereocenters. The molecule has 152 valence electrons. The molecule has 1 aromatic carbocycles. The van der Waals surface area contributed by atoms with Crippen LogP contribution in [0.4, 0.5) is 31.1 Å². The van der Waals surface area contributed by atoms with Crippen molar-refractivity contribution in [3.05, 3.63) is 34.4 Å². The molecule has 0 atom stereocenters. The Morgan fingerprint density at radius 3 is 1.70 bits per heavy atom. The Kier molecular flexibility index (Phi) is 6.09. The summed E-state index contributed by atoms with van der Waals surface area (Å²) in [5, 5.41) is -0.881. The van der Waals surface area contributed by atoms with Crippen LogP contribution in [-0.4, -0.2) is 34.8 Å². The molecular formula is C16H19F6N3O2. The van der Waals surface area contributed by atoms with E-state index in [-0.39, 0.29) is 5.56 Å². The number of nitrogens with one attached hydrogen (secondary N) is 1. The number of halogens is 6. The summed E-state index contributed by atoms with van der Waals surface area (Å²) in [5.74, 6) is -1.31. The van der Waals surface area contributed by atoms with Gasteiger partial charge in [0.05, 0.1) is 0 Å². The van der Waals surface area contributed by atoms with Crippen molar-refractivity contribution in [2.75, 3.05) is 0 Å². The summed E-state index contributed by atoms with van der Waals surface area (Å²) in [6.45, 7) is 5.21. The monoisotopic (exact) mass is 399 g/mol. The Hall–Kier alpha value is -2.46. The first-order valence-corrected chi connectivity index (χ1v) is 7.72. The highest BCUT2D eigenvalue weighted by Gasteiger charge is 2.74. The van der Waals surface area contributed by atoms with E-state index in [4.69, 9.17) is 5.73 Å². The highest BCUT2D eigenvalue weighted by Crippen LogP contribution is 2.48. The van der Waals surface area contributed by atoms with Crippen molar-refractivity contribution in [2.45, 2.75) is 52.0 Å². The summed E-state index contributed by atoms with van der Waals surface area (Å²) in [5.41, 5.74) is 2.75. The van der Waals surface area contributed by atoms with E-state index in [0.717, 1.165) is 5.56 Å². The van der Waals surface area contributed by atoms with E-state index in [1.54, 1.807) is 6.92 Å². The molecular weight excluding hydrogens is 380 g/mol. The normalized spacial score (nSPS) is 12.7. The first kappa shape index (κ1) is 22.6. The second-order valence-corrected chi connectivity index (χ2v) is 6.10. The van der Waals surface area contributed by atoms with Crippen molar-refractivity contribution in [1.29, 1.82) is 0 Å². The predicted molar refractivity (Wildman–Crippen MR) is 84.7 cm³/mol. The first-order valence-electron chi connectivity index (χ1n) is 7.72. The topological polar surface area (TPSA) is 75.4 Å². The first-order chi connectivity index (χ1) is 12.1. The number of nitrogens with two attached hydrogens (primary N) is 1. The van der Waals surface area contributed by atoms with Crippen LogP contribution in [0.1, 0.15) is 40.4 Å². The maximum absolute atomic E-state index is 13.4. The molecule has 0 saturated heterocycles. The van der Waals surface area contributed by atoms with E-state index in [0.29, 0.717) is 18.1 Å². The Bertz CT molecular complexity index is 706. The molecule has 27 heavy (non-hydrogen) atoms. The molecule has 0 saturated carbocycles. The molecule has 0 bridgehead atoms. The molecule has 3 N–H and O–H groups in total. The molecule has 0 spiro atoms. The minimum Gasteiger partial charge on any atom is -0.350 e. The quantitative estimate of drug-likeness (QED) is 0.597. The Morgan fingerprint density at radius 2 is 1.41 bits per heavy atom. The highest BCUT2D eigenvalue weighted by molar-refractivity contribution is 5.98. The molecule has 0 aliphatic carbocycles. The lowest BCUT2D eigenvalue weighted by molar-refractivity contribution is -0.337. The SMILES string of the molecule is CCC(N(NC(=O)c1c(C)cc(C)cc1C)C(N)=O)(C(F)(F)F)C(F)(F)F. The molecule has 11 heteroatoms. The van der Waals surface area contributed by atoms with Crippen LogP contribution in [0.5, 0.6) is 0 Å². The number of hydrogen-bond acceptors (Lipinski definition) is 2. The third kappa shape index (κ3) is 3.96. The summed E-state index contributed by atoms with van der Waals surface area (Å²) in [6, 6.07) is 0.955. The van der Waals surface area contributed by atoms with Gasteiger partial charge in [-0.05, 0) is 38.3 Å². The Labute approximate surface area is 151 Å². The second-order valence-electron chi connectivity index (χ2n) is 6.10. The predicted octanol–water partition coefficient (Wildman–Crippen LogP) is 3.91. The number of benzene rings is 1. The Morgan fingerprint density at radius 1 is 1.00 bits per heavy atom. The minimum absolute atomic E-state index is 0.152. The van der Waals surface area contributed by atoms with Gasteiger partial charge < -0.3 is 5.73 Å². The van der Waals surface area contributed by atoms with Gasteiger partial charge in [-0.3, -0.25) is 10.2 Å². The van der Waals surface area contributed by atoms with E-state index in [1.165, 1.54) is 31.4 Å². The summed E-state index contributed by atoms with van der Waals surface area (Å²) in [7, 11) is 0. The van der Waals surface area contributed by atoms with Gasteiger partial charge >= 0.3 is 18.4 Å². The summed E-state index contributed by atoms with van der Waals surface area (Å²) in [6.07, 6.45) is -13.5. The van der Waals surface area contributed by atoms with Gasteiger partial charge in [0, 0.05) is 5.56 Å².